The lowest BCUT2D eigenvalue weighted by atomic mass is 10.0. The van der Waals surface area contributed by atoms with Gasteiger partial charge in [-0.2, -0.15) is 0 Å². The summed E-state index contributed by atoms with van der Waals surface area (Å²) in [6.45, 7) is 0. The minimum atomic E-state index is -0.675. The molecule has 1 atom stereocenters. The molecule has 0 radical (unpaired) electrons. The number of thiocarbonyl (C=S) groups is 1. The fourth-order valence-corrected chi connectivity index (χ4v) is 4.10. The normalized spacial score (nSPS) is 15.4. The smallest absolute Gasteiger partial charge is 0.222 e. The summed E-state index contributed by atoms with van der Waals surface area (Å²) < 4.78 is 0. The Balaban J connectivity index is 1.56. The molecule has 0 aromatic heterocycles. The van der Waals surface area contributed by atoms with Gasteiger partial charge in [-0.15, -0.1) is 0 Å². The van der Waals surface area contributed by atoms with E-state index < -0.39 is 6.17 Å². The maximum Gasteiger partial charge on any atom is 0.222 e. The Bertz CT molecular complexity index is 1160. The van der Waals surface area contributed by atoms with Gasteiger partial charge >= 0.3 is 0 Å². The number of halogens is 2. The molecule has 4 nitrogen and oxygen atoms in total. The highest BCUT2D eigenvalue weighted by Gasteiger charge is 2.24. The van der Waals surface area contributed by atoms with Gasteiger partial charge in [-0.25, -0.2) is 0 Å². The Kier molecular flexibility index (Phi) is 6.66. The lowest BCUT2D eigenvalue weighted by molar-refractivity contribution is -0.121. The van der Waals surface area contributed by atoms with E-state index in [0.29, 0.717) is 21.5 Å². The molecule has 156 valence electrons. The number of para-hydroxylation sites is 1. The Labute approximate surface area is 196 Å². The summed E-state index contributed by atoms with van der Waals surface area (Å²) in [5.74, 6) is -0.165. The molecule has 7 heteroatoms. The van der Waals surface area contributed by atoms with Crippen molar-refractivity contribution in [1.82, 2.24) is 5.32 Å². The summed E-state index contributed by atoms with van der Waals surface area (Å²) in [4.78, 5) is 18.0. The zero-order valence-corrected chi connectivity index (χ0v) is 18.8. The fraction of sp³-hybridized carbons (Fsp3) is 0.125. The van der Waals surface area contributed by atoms with Crippen molar-refractivity contribution in [2.45, 2.75) is 19.0 Å². The highest BCUT2D eigenvalue weighted by atomic mass is 35.5. The fourth-order valence-electron chi connectivity index (χ4n) is 3.38. The number of amides is 1. The molecular weight excluding hydrogens is 449 g/mol. The van der Waals surface area contributed by atoms with Crippen LogP contribution in [-0.4, -0.2) is 22.8 Å². The first-order chi connectivity index (χ1) is 15.0. The van der Waals surface area contributed by atoms with Crippen LogP contribution < -0.4 is 10.6 Å². The second kappa shape index (κ2) is 9.60. The SMILES string of the molecule is O=C(CCc1ccc(Cl)cc1Cl)NC1N=C(c2ccccc2)c2ccccc2NC1=S. The molecule has 0 bridgehead atoms. The Hall–Kier alpha value is -2.73. The van der Waals surface area contributed by atoms with Crippen molar-refractivity contribution in [3.63, 3.8) is 0 Å². The van der Waals surface area contributed by atoms with Crippen molar-refractivity contribution in [3.8, 4) is 0 Å². The van der Waals surface area contributed by atoms with Gasteiger partial charge in [-0.05, 0) is 30.2 Å². The van der Waals surface area contributed by atoms with Crippen LogP contribution in [0.1, 0.15) is 23.1 Å². The molecule has 31 heavy (non-hydrogen) atoms. The summed E-state index contributed by atoms with van der Waals surface area (Å²) >= 11 is 17.7. The quantitative estimate of drug-likeness (QED) is 0.476. The second-order valence-electron chi connectivity index (χ2n) is 7.08. The molecule has 1 aliphatic rings. The molecular formula is C24H19Cl2N3OS. The molecule has 0 fully saturated rings. The molecule has 1 unspecified atom stereocenters. The van der Waals surface area contributed by atoms with Gasteiger partial charge in [0.1, 0.15) is 4.99 Å². The van der Waals surface area contributed by atoms with Crippen LogP contribution in [0.3, 0.4) is 0 Å². The first-order valence-electron chi connectivity index (χ1n) is 9.78. The van der Waals surface area contributed by atoms with Gasteiger partial charge in [0.05, 0.1) is 5.71 Å². The lowest BCUT2D eigenvalue weighted by Gasteiger charge is -2.16. The molecule has 3 aromatic carbocycles. The zero-order valence-electron chi connectivity index (χ0n) is 16.4. The largest absolute Gasteiger partial charge is 0.346 e. The third-order valence-corrected chi connectivity index (χ3v) is 5.84. The molecule has 4 rings (SSSR count). The topological polar surface area (TPSA) is 53.5 Å². The van der Waals surface area contributed by atoms with Crippen molar-refractivity contribution in [3.05, 3.63) is 99.5 Å². The van der Waals surface area contributed by atoms with Gasteiger partial charge < -0.3 is 10.6 Å². The van der Waals surface area contributed by atoms with E-state index in [4.69, 9.17) is 40.4 Å². The number of fused-ring (bicyclic) bond motifs is 1. The molecule has 0 spiro atoms. The summed E-state index contributed by atoms with van der Waals surface area (Å²) in [5, 5.41) is 7.29. The molecule has 3 aromatic rings. The summed E-state index contributed by atoms with van der Waals surface area (Å²) in [6, 6.07) is 23.0. The average molecular weight is 468 g/mol. The second-order valence-corrected chi connectivity index (χ2v) is 8.37. The maximum atomic E-state index is 12.7. The number of hydrogen-bond donors (Lipinski definition) is 2. The first-order valence-corrected chi connectivity index (χ1v) is 10.9. The van der Waals surface area contributed by atoms with Gasteiger partial charge in [0.15, 0.2) is 6.17 Å². The van der Waals surface area contributed by atoms with E-state index in [9.17, 15) is 4.79 Å². The van der Waals surface area contributed by atoms with E-state index in [1.165, 1.54) is 0 Å². The van der Waals surface area contributed by atoms with Crippen molar-refractivity contribution in [1.29, 1.82) is 0 Å². The van der Waals surface area contributed by atoms with Crippen LogP contribution in [0.25, 0.3) is 0 Å². The van der Waals surface area contributed by atoms with Gasteiger partial charge in [0, 0.05) is 33.3 Å². The molecule has 0 aliphatic carbocycles. The number of rotatable bonds is 5. The van der Waals surface area contributed by atoms with Crippen LogP contribution in [-0.2, 0) is 11.2 Å². The Morgan fingerprint density at radius 1 is 1.03 bits per heavy atom. The van der Waals surface area contributed by atoms with E-state index in [2.05, 4.69) is 10.6 Å². The number of benzene rings is 3. The number of aryl methyl sites for hydroxylation is 1. The van der Waals surface area contributed by atoms with Crippen LogP contribution in [0.4, 0.5) is 5.69 Å². The van der Waals surface area contributed by atoms with Crippen LogP contribution in [0.2, 0.25) is 10.0 Å². The number of benzodiazepines with no additional fused rings is 1. The van der Waals surface area contributed by atoms with Crippen molar-refractivity contribution < 1.29 is 4.79 Å². The number of hydrogen-bond acceptors (Lipinski definition) is 3. The molecule has 0 saturated heterocycles. The number of nitrogens with zero attached hydrogens (tertiary/aromatic N) is 1. The lowest BCUT2D eigenvalue weighted by Crippen LogP contribution is -2.41. The van der Waals surface area contributed by atoms with Gasteiger partial charge in [-0.1, -0.05) is 90.0 Å². The molecule has 1 aliphatic heterocycles. The maximum absolute atomic E-state index is 12.7. The minimum absolute atomic E-state index is 0.165. The van der Waals surface area contributed by atoms with Crippen molar-refractivity contribution in [2.24, 2.45) is 4.99 Å². The van der Waals surface area contributed by atoms with E-state index in [1.54, 1.807) is 12.1 Å². The zero-order chi connectivity index (χ0) is 21.8. The standard InChI is InChI=1S/C24H19Cl2N3OS/c25-17-12-10-15(19(26)14-17)11-13-21(30)28-23-24(31)27-20-9-5-4-8-18(20)22(29-23)16-6-2-1-3-7-16/h1-10,12,14,23H,11,13H2,(H,27,31)(H,28,30). The number of carbonyl (C=O) groups is 1. The number of nitrogens with one attached hydrogen (secondary N) is 2. The highest BCUT2D eigenvalue weighted by Crippen LogP contribution is 2.25. The van der Waals surface area contributed by atoms with Gasteiger partial charge in [-0.3, -0.25) is 9.79 Å². The predicted octanol–water partition coefficient (Wildman–Crippen LogP) is 5.66. The van der Waals surface area contributed by atoms with Gasteiger partial charge in [0.25, 0.3) is 0 Å². The third-order valence-electron chi connectivity index (χ3n) is 4.93. The van der Waals surface area contributed by atoms with Crippen LogP contribution in [0.15, 0.2) is 77.8 Å². The Morgan fingerprint density at radius 3 is 2.55 bits per heavy atom. The van der Waals surface area contributed by atoms with Crippen LogP contribution >= 0.6 is 35.4 Å². The van der Waals surface area contributed by atoms with E-state index in [0.717, 1.165) is 28.1 Å². The van der Waals surface area contributed by atoms with Crippen molar-refractivity contribution >= 4 is 57.7 Å². The van der Waals surface area contributed by atoms with E-state index in [1.807, 2.05) is 60.7 Å². The van der Waals surface area contributed by atoms with Gasteiger partial charge in [0.2, 0.25) is 5.91 Å². The summed E-state index contributed by atoms with van der Waals surface area (Å²) in [5.41, 5.74) is 4.38. The van der Waals surface area contributed by atoms with E-state index >= 15 is 0 Å². The van der Waals surface area contributed by atoms with E-state index in [-0.39, 0.29) is 12.3 Å². The predicted molar refractivity (Wildman–Crippen MR) is 131 cm³/mol. The third kappa shape index (κ3) is 5.13. The molecule has 1 amide bonds. The molecule has 2 N–H and O–H groups in total. The highest BCUT2D eigenvalue weighted by molar-refractivity contribution is 7.80. The minimum Gasteiger partial charge on any atom is -0.346 e. The Morgan fingerprint density at radius 2 is 1.77 bits per heavy atom. The average Bonchev–Trinajstić information content (AvgIpc) is 2.90. The summed E-state index contributed by atoms with van der Waals surface area (Å²) in [6.07, 6.45) is 0.0687. The van der Waals surface area contributed by atoms with Crippen molar-refractivity contribution in [2.75, 3.05) is 5.32 Å². The molecule has 0 saturated carbocycles. The van der Waals surface area contributed by atoms with Crippen LogP contribution in [0.5, 0.6) is 0 Å². The number of anilines is 1. The first kappa shape index (κ1) is 21.5. The number of carbonyl (C=O) groups excluding carboxylic acids is 1. The monoisotopic (exact) mass is 467 g/mol. The molecule has 1 heterocycles. The summed E-state index contributed by atoms with van der Waals surface area (Å²) in [7, 11) is 0. The van der Waals surface area contributed by atoms with Crippen LogP contribution in [0, 0.1) is 0 Å². The number of aliphatic imine (C=N–C) groups is 1.